The molecule has 0 fully saturated rings. The van der Waals surface area contributed by atoms with Crippen molar-refractivity contribution in [3.8, 4) is 0 Å². The maximum absolute atomic E-state index is 13.6. The van der Waals surface area contributed by atoms with E-state index in [-0.39, 0.29) is 31.2 Å². The third-order valence-electron chi connectivity index (χ3n) is 4.04. The topological polar surface area (TPSA) is 66.5 Å². The van der Waals surface area contributed by atoms with E-state index in [1.807, 2.05) is 0 Å². The molecule has 1 amide bonds. The number of aryl methyl sites for hydroxylation is 1. The van der Waals surface area contributed by atoms with Gasteiger partial charge in [0.2, 0.25) is 15.9 Å². The number of nitrogens with one attached hydrogen (secondary N) is 1. The van der Waals surface area contributed by atoms with Crippen LogP contribution < -0.4 is 9.62 Å². The normalized spacial score (nSPS) is 11.3. The second-order valence-corrected chi connectivity index (χ2v) is 8.58. The summed E-state index contributed by atoms with van der Waals surface area (Å²) in [5.41, 5.74) is 1.67. The van der Waals surface area contributed by atoms with E-state index in [0.717, 1.165) is 11.8 Å². The quantitative estimate of drug-likeness (QED) is 0.719. The Labute approximate surface area is 164 Å². The van der Waals surface area contributed by atoms with Gasteiger partial charge in [-0.1, -0.05) is 35.9 Å². The summed E-state index contributed by atoms with van der Waals surface area (Å²) >= 11 is 5.99. The largest absolute Gasteiger partial charge is 0.352 e. The number of anilines is 1. The van der Waals surface area contributed by atoms with Gasteiger partial charge in [0.05, 0.1) is 11.9 Å². The molecule has 2 aromatic carbocycles. The highest BCUT2D eigenvalue weighted by Crippen LogP contribution is 2.26. The van der Waals surface area contributed by atoms with Gasteiger partial charge in [0.15, 0.2) is 0 Å². The van der Waals surface area contributed by atoms with Gasteiger partial charge in [-0.3, -0.25) is 9.10 Å². The Kier molecular flexibility index (Phi) is 7.21. The Hall–Kier alpha value is -2.12. The summed E-state index contributed by atoms with van der Waals surface area (Å²) in [7, 11) is -3.52. The van der Waals surface area contributed by atoms with E-state index in [1.165, 1.54) is 10.4 Å². The van der Waals surface area contributed by atoms with Crippen molar-refractivity contribution in [1.82, 2.24) is 5.32 Å². The zero-order valence-electron chi connectivity index (χ0n) is 15.2. The lowest BCUT2D eigenvalue weighted by Gasteiger charge is -2.24. The molecule has 2 rings (SSSR count). The molecule has 27 heavy (non-hydrogen) atoms. The zero-order chi connectivity index (χ0) is 20.0. The molecule has 0 aromatic heterocycles. The van der Waals surface area contributed by atoms with Gasteiger partial charge in [-0.15, -0.1) is 0 Å². The Balaban J connectivity index is 1.95. The number of hydrogen-bond donors (Lipinski definition) is 1. The van der Waals surface area contributed by atoms with Crippen LogP contribution in [0.2, 0.25) is 5.02 Å². The zero-order valence-corrected chi connectivity index (χ0v) is 16.8. The highest BCUT2D eigenvalue weighted by molar-refractivity contribution is 7.92. The minimum Gasteiger partial charge on any atom is -0.352 e. The van der Waals surface area contributed by atoms with Gasteiger partial charge in [0.1, 0.15) is 5.82 Å². The van der Waals surface area contributed by atoms with Crippen LogP contribution in [0.4, 0.5) is 10.1 Å². The highest BCUT2D eigenvalue weighted by atomic mass is 35.5. The van der Waals surface area contributed by atoms with E-state index in [9.17, 15) is 17.6 Å². The Morgan fingerprint density at radius 1 is 1.22 bits per heavy atom. The van der Waals surface area contributed by atoms with Crippen LogP contribution in [-0.2, 0) is 21.4 Å². The molecule has 0 atom stereocenters. The minimum atomic E-state index is -3.52. The first-order valence-electron chi connectivity index (χ1n) is 8.42. The number of rotatable bonds is 8. The van der Waals surface area contributed by atoms with E-state index in [2.05, 4.69) is 5.32 Å². The first-order valence-corrected chi connectivity index (χ1v) is 10.6. The number of nitrogens with zero attached hydrogens (tertiary/aromatic N) is 1. The Morgan fingerprint density at radius 3 is 2.59 bits per heavy atom. The molecule has 0 aliphatic rings. The summed E-state index contributed by atoms with van der Waals surface area (Å²) in [5.74, 6) is -0.646. The van der Waals surface area contributed by atoms with Crippen LogP contribution >= 0.6 is 11.6 Å². The van der Waals surface area contributed by atoms with Crippen molar-refractivity contribution < 1.29 is 17.6 Å². The van der Waals surface area contributed by atoms with Crippen LogP contribution in [0.1, 0.15) is 24.0 Å². The van der Waals surface area contributed by atoms with Crippen LogP contribution in [0, 0.1) is 12.7 Å². The summed E-state index contributed by atoms with van der Waals surface area (Å²) in [6.45, 7) is 2.03. The predicted octanol–water partition coefficient (Wildman–Crippen LogP) is 3.65. The molecule has 8 heteroatoms. The molecular formula is C19H22ClFN2O3S. The number of carbonyl (C=O) groups is 1. The van der Waals surface area contributed by atoms with Crippen LogP contribution in [0.25, 0.3) is 0 Å². The molecule has 0 heterocycles. The summed E-state index contributed by atoms with van der Waals surface area (Å²) in [6, 6.07) is 11.2. The molecule has 0 saturated carbocycles. The molecule has 0 saturated heterocycles. The number of sulfonamides is 1. The molecule has 0 bridgehead atoms. The smallest absolute Gasteiger partial charge is 0.232 e. The summed E-state index contributed by atoms with van der Waals surface area (Å²) in [6.07, 6.45) is 1.56. The second kappa shape index (κ2) is 9.19. The number of carbonyl (C=O) groups excluding carboxylic acids is 1. The summed E-state index contributed by atoms with van der Waals surface area (Å²) in [5, 5.41) is 3.08. The van der Waals surface area contributed by atoms with Crippen molar-refractivity contribution in [3.63, 3.8) is 0 Å². The third-order valence-corrected chi connectivity index (χ3v) is 5.45. The van der Waals surface area contributed by atoms with Crippen molar-refractivity contribution in [3.05, 3.63) is 64.4 Å². The highest BCUT2D eigenvalue weighted by Gasteiger charge is 2.19. The lowest BCUT2D eigenvalue weighted by molar-refractivity contribution is -0.121. The van der Waals surface area contributed by atoms with Crippen molar-refractivity contribution in [2.24, 2.45) is 0 Å². The van der Waals surface area contributed by atoms with Crippen LogP contribution in [-0.4, -0.2) is 27.1 Å². The molecule has 0 aliphatic heterocycles. The average Bonchev–Trinajstić information content (AvgIpc) is 2.59. The van der Waals surface area contributed by atoms with Gasteiger partial charge in [-0.2, -0.15) is 0 Å². The first-order chi connectivity index (χ1) is 12.7. The lowest BCUT2D eigenvalue weighted by atomic mass is 10.2. The molecule has 2 aromatic rings. The van der Waals surface area contributed by atoms with Gasteiger partial charge < -0.3 is 5.32 Å². The van der Waals surface area contributed by atoms with Gasteiger partial charge in [-0.25, -0.2) is 12.8 Å². The first kappa shape index (κ1) is 21.2. The van der Waals surface area contributed by atoms with Crippen molar-refractivity contribution in [2.75, 3.05) is 17.1 Å². The average molecular weight is 413 g/mol. The SMILES string of the molecule is Cc1ccc(Cl)cc1N(CCCC(=O)NCc1ccccc1F)S(C)(=O)=O. The molecule has 0 unspecified atom stereocenters. The molecule has 0 radical (unpaired) electrons. The van der Waals surface area contributed by atoms with Gasteiger partial charge >= 0.3 is 0 Å². The molecule has 0 spiro atoms. The fraction of sp³-hybridized carbons (Fsp3) is 0.316. The lowest BCUT2D eigenvalue weighted by Crippen LogP contribution is -2.32. The number of amides is 1. The molecule has 0 aliphatic carbocycles. The number of halogens is 2. The van der Waals surface area contributed by atoms with Crippen molar-refractivity contribution in [2.45, 2.75) is 26.3 Å². The summed E-state index contributed by atoms with van der Waals surface area (Å²) in [4.78, 5) is 12.0. The fourth-order valence-electron chi connectivity index (χ4n) is 2.62. The van der Waals surface area contributed by atoms with Gasteiger partial charge in [0.25, 0.3) is 0 Å². The second-order valence-electron chi connectivity index (χ2n) is 6.24. The molecule has 5 nitrogen and oxygen atoms in total. The van der Waals surface area contributed by atoms with E-state index >= 15 is 0 Å². The summed E-state index contributed by atoms with van der Waals surface area (Å²) < 4.78 is 39.1. The van der Waals surface area contributed by atoms with Crippen molar-refractivity contribution >= 4 is 33.2 Å². The maximum atomic E-state index is 13.6. The minimum absolute atomic E-state index is 0.0920. The third kappa shape index (κ3) is 6.22. The van der Waals surface area contributed by atoms with E-state index in [0.29, 0.717) is 22.7 Å². The standard InChI is InChI=1S/C19H22ClFN2O3S/c1-14-9-10-16(20)12-18(14)23(27(2,25)26)11-5-8-19(24)22-13-15-6-3-4-7-17(15)21/h3-4,6-7,9-10,12H,5,8,11,13H2,1-2H3,(H,22,24). The van der Waals surface area contributed by atoms with Crippen molar-refractivity contribution in [1.29, 1.82) is 0 Å². The van der Waals surface area contributed by atoms with E-state index in [4.69, 9.17) is 11.6 Å². The maximum Gasteiger partial charge on any atom is 0.232 e. The van der Waals surface area contributed by atoms with E-state index in [1.54, 1.807) is 43.3 Å². The number of hydrogen-bond acceptors (Lipinski definition) is 3. The van der Waals surface area contributed by atoms with Crippen LogP contribution in [0.15, 0.2) is 42.5 Å². The Morgan fingerprint density at radius 2 is 1.93 bits per heavy atom. The van der Waals surface area contributed by atoms with Gasteiger partial charge in [0, 0.05) is 30.1 Å². The monoisotopic (exact) mass is 412 g/mol. The molecular weight excluding hydrogens is 391 g/mol. The molecule has 1 N–H and O–H groups in total. The Bertz CT molecular complexity index is 919. The number of benzene rings is 2. The fourth-order valence-corrected chi connectivity index (χ4v) is 3.80. The van der Waals surface area contributed by atoms with Crippen LogP contribution in [0.5, 0.6) is 0 Å². The van der Waals surface area contributed by atoms with E-state index < -0.39 is 10.0 Å². The van der Waals surface area contributed by atoms with Gasteiger partial charge in [-0.05, 0) is 37.1 Å². The van der Waals surface area contributed by atoms with Crippen LogP contribution in [0.3, 0.4) is 0 Å². The predicted molar refractivity (Wildman–Crippen MR) is 106 cm³/mol. The molecule has 146 valence electrons.